The molecule has 0 radical (unpaired) electrons. The molecule has 1 aromatic carbocycles. The first-order valence-electron chi connectivity index (χ1n) is 7.89. The zero-order valence-corrected chi connectivity index (χ0v) is 13.0. The Morgan fingerprint density at radius 2 is 2.00 bits per heavy atom. The summed E-state index contributed by atoms with van der Waals surface area (Å²) >= 11 is 0. The highest BCUT2D eigenvalue weighted by molar-refractivity contribution is 5.91. The second-order valence-corrected chi connectivity index (χ2v) is 6.16. The molecule has 0 saturated carbocycles. The Morgan fingerprint density at radius 1 is 1.29 bits per heavy atom. The lowest BCUT2D eigenvalue weighted by molar-refractivity contribution is -0.118. The molecule has 1 fully saturated rings. The van der Waals surface area contributed by atoms with E-state index in [2.05, 4.69) is 16.3 Å². The van der Waals surface area contributed by atoms with Gasteiger partial charge in [-0.05, 0) is 43.4 Å². The molecule has 4 nitrogen and oxygen atoms in total. The maximum atomic E-state index is 11.9. The number of anilines is 2. The average molecular weight is 290 g/mol. The summed E-state index contributed by atoms with van der Waals surface area (Å²) in [6, 6.07) is 7.97. The van der Waals surface area contributed by atoms with Crippen molar-refractivity contribution >= 4 is 17.3 Å². The van der Waals surface area contributed by atoms with Crippen molar-refractivity contribution in [3.63, 3.8) is 0 Å². The van der Waals surface area contributed by atoms with Crippen LogP contribution in [0.3, 0.4) is 0 Å². The van der Waals surface area contributed by atoms with E-state index in [-0.39, 0.29) is 18.2 Å². The largest absolute Gasteiger partial charge is 0.392 e. The number of aliphatic hydroxyl groups excluding tert-OH is 1. The fourth-order valence-corrected chi connectivity index (χ4v) is 2.57. The van der Waals surface area contributed by atoms with Crippen LogP contribution in [0.25, 0.3) is 0 Å². The fraction of sp³-hybridized carbons (Fsp3) is 0.588. The topological polar surface area (TPSA) is 52.6 Å². The summed E-state index contributed by atoms with van der Waals surface area (Å²) in [5.74, 6) is -0.0394. The number of piperidine rings is 1. The summed E-state index contributed by atoms with van der Waals surface area (Å²) in [5.41, 5.74) is 1.97. The van der Waals surface area contributed by atoms with E-state index in [9.17, 15) is 9.90 Å². The van der Waals surface area contributed by atoms with E-state index in [1.807, 2.05) is 32.0 Å². The van der Waals surface area contributed by atoms with Crippen molar-refractivity contribution in [1.82, 2.24) is 0 Å². The van der Waals surface area contributed by atoms with Gasteiger partial charge in [-0.1, -0.05) is 19.9 Å². The molecule has 1 aromatic rings. The minimum absolute atomic E-state index is 0.0930. The fourth-order valence-electron chi connectivity index (χ4n) is 2.57. The van der Waals surface area contributed by atoms with Crippen LogP contribution in [0, 0.1) is 5.92 Å². The SMILES string of the molecule is CC(C)C(O)CC(=O)Nc1cccc(N2CCCCC2)c1. The number of aliphatic hydroxyl groups is 1. The van der Waals surface area contributed by atoms with Gasteiger partial charge in [-0.3, -0.25) is 4.79 Å². The highest BCUT2D eigenvalue weighted by atomic mass is 16.3. The molecular weight excluding hydrogens is 264 g/mol. The second-order valence-electron chi connectivity index (χ2n) is 6.16. The van der Waals surface area contributed by atoms with Gasteiger partial charge in [0.25, 0.3) is 0 Å². The third kappa shape index (κ3) is 4.74. The van der Waals surface area contributed by atoms with E-state index in [1.165, 1.54) is 19.3 Å². The van der Waals surface area contributed by atoms with E-state index >= 15 is 0 Å². The van der Waals surface area contributed by atoms with Gasteiger partial charge in [-0.2, -0.15) is 0 Å². The Balaban J connectivity index is 1.95. The molecule has 1 aliphatic rings. The number of nitrogens with one attached hydrogen (secondary N) is 1. The van der Waals surface area contributed by atoms with Gasteiger partial charge in [0.2, 0.25) is 5.91 Å². The van der Waals surface area contributed by atoms with E-state index in [0.717, 1.165) is 24.5 Å². The monoisotopic (exact) mass is 290 g/mol. The molecular formula is C17H26N2O2. The lowest BCUT2D eigenvalue weighted by Gasteiger charge is -2.29. The van der Waals surface area contributed by atoms with Gasteiger partial charge in [0.15, 0.2) is 0 Å². The summed E-state index contributed by atoms with van der Waals surface area (Å²) in [6.07, 6.45) is 3.33. The average Bonchev–Trinajstić information content (AvgIpc) is 2.48. The number of rotatable bonds is 5. The van der Waals surface area contributed by atoms with Crippen molar-refractivity contribution in [1.29, 1.82) is 0 Å². The zero-order chi connectivity index (χ0) is 15.2. The standard InChI is InChI=1S/C17H26N2O2/c1-13(2)16(20)12-17(21)18-14-7-6-8-15(11-14)19-9-4-3-5-10-19/h6-8,11,13,16,20H,3-5,9-10,12H2,1-2H3,(H,18,21). The van der Waals surface area contributed by atoms with Crippen molar-refractivity contribution in [3.05, 3.63) is 24.3 Å². The van der Waals surface area contributed by atoms with Gasteiger partial charge < -0.3 is 15.3 Å². The molecule has 4 heteroatoms. The van der Waals surface area contributed by atoms with Crippen LogP contribution >= 0.6 is 0 Å². The van der Waals surface area contributed by atoms with Gasteiger partial charge in [-0.25, -0.2) is 0 Å². The lowest BCUT2D eigenvalue weighted by atomic mass is 10.0. The predicted octanol–water partition coefficient (Wildman–Crippen LogP) is 3.02. The predicted molar refractivity (Wildman–Crippen MR) is 86.6 cm³/mol. The molecule has 21 heavy (non-hydrogen) atoms. The summed E-state index contributed by atoms with van der Waals surface area (Å²) in [7, 11) is 0. The number of carbonyl (C=O) groups excluding carboxylic acids is 1. The van der Waals surface area contributed by atoms with Gasteiger partial charge in [0.05, 0.1) is 12.5 Å². The van der Waals surface area contributed by atoms with E-state index in [1.54, 1.807) is 0 Å². The number of hydrogen-bond acceptors (Lipinski definition) is 3. The van der Waals surface area contributed by atoms with Crippen LogP contribution in [0.4, 0.5) is 11.4 Å². The van der Waals surface area contributed by atoms with Crippen LogP contribution in [-0.2, 0) is 4.79 Å². The molecule has 1 amide bonds. The summed E-state index contributed by atoms with van der Waals surface area (Å²) < 4.78 is 0. The Morgan fingerprint density at radius 3 is 2.67 bits per heavy atom. The maximum Gasteiger partial charge on any atom is 0.226 e. The first kappa shape index (κ1) is 15.8. The first-order valence-corrected chi connectivity index (χ1v) is 7.89. The molecule has 0 aliphatic carbocycles. The van der Waals surface area contributed by atoms with Crippen molar-refractivity contribution in [3.8, 4) is 0 Å². The van der Waals surface area contributed by atoms with Crippen molar-refractivity contribution < 1.29 is 9.90 Å². The number of carbonyl (C=O) groups is 1. The Labute approximate surface area is 127 Å². The summed E-state index contributed by atoms with van der Waals surface area (Å²) in [6.45, 7) is 6.00. The van der Waals surface area contributed by atoms with Gasteiger partial charge in [0.1, 0.15) is 0 Å². The first-order chi connectivity index (χ1) is 10.1. The smallest absolute Gasteiger partial charge is 0.226 e. The molecule has 0 spiro atoms. The van der Waals surface area contributed by atoms with Crippen molar-refractivity contribution in [2.24, 2.45) is 5.92 Å². The molecule has 116 valence electrons. The van der Waals surface area contributed by atoms with Gasteiger partial charge in [0, 0.05) is 24.5 Å². The molecule has 2 rings (SSSR count). The lowest BCUT2D eigenvalue weighted by Crippen LogP contribution is -2.29. The van der Waals surface area contributed by atoms with Crippen LogP contribution in [0.2, 0.25) is 0 Å². The third-order valence-corrected chi connectivity index (χ3v) is 4.02. The molecule has 0 bridgehead atoms. The molecule has 1 unspecified atom stereocenters. The molecule has 2 N–H and O–H groups in total. The Hall–Kier alpha value is -1.55. The molecule has 1 heterocycles. The highest BCUT2D eigenvalue weighted by Crippen LogP contribution is 2.23. The van der Waals surface area contributed by atoms with E-state index in [0.29, 0.717) is 0 Å². The van der Waals surface area contributed by atoms with Crippen LogP contribution in [0.15, 0.2) is 24.3 Å². The summed E-state index contributed by atoms with van der Waals surface area (Å²) in [5, 5.41) is 12.6. The second kappa shape index (κ2) is 7.46. The maximum absolute atomic E-state index is 11.9. The third-order valence-electron chi connectivity index (χ3n) is 4.02. The number of hydrogen-bond donors (Lipinski definition) is 2. The highest BCUT2D eigenvalue weighted by Gasteiger charge is 2.15. The molecule has 1 saturated heterocycles. The van der Waals surface area contributed by atoms with E-state index < -0.39 is 6.10 Å². The summed E-state index contributed by atoms with van der Waals surface area (Å²) in [4.78, 5) is 14.3. The normalized spacial score (nSPS) is 16.9. The molecule has 0 aromatic heterocycles. The zero-order valence-electron chi connectivity index (χ0n) is 13.0. The Kier molecular flexibility index (Phi) is 5.62. The van der Waals surface area contributed by atoms with Crippen LogP contribution in [-0.4, -0.2) is 30.2 Å². The number of nitrogens with zero attached hydrogens (tertiary/aromatic N) is 1. The molecule has 1 aliphatic heterocycles. The van der Waals surface area contributed by atoms with Crippen LogP contribution in [0.5, 0.6) is 0 Å². The van der Waals surface area contributed by atoms with Crippen LogP contribution < -0.4 is 10.2 Å². The Bertz CT molecular complexity index is 468. The quantitative estimate of drug-likeness (QED) is 0.876. The van der Waals surface area contributed by atoms with Crippen molar-refractivity contribution in [2.75, 3.05) is 23.3 Å². The minimum atomic E-state index is -0.588. The number of amides is 1. The minimum Gasteiger partial charge on any atom is -0.392 e. The van der Waals surface area contributed by atoms with Crippen LogP contribution in [0.1, 0.15) is 39.5 Å². The molecule has 1 atom stereocenters. The van der Waals surface area contributed by atoms with E-state index in [4.69, 9.17) is 0 Å². The van der Waals surface area contributed by atoms with Gasteiger partial charge >= 0.3 is 0 Å². The van der Waals surface area contributed by atoms with Gasteiger partial charge in [-0.15, -0.1) is 0 Å². The number of benzene rings is 1. The van der Waals surface area contributed by atoms with Crippen molar-refractivity contribution in [2.45, 2.75) is 45.6 Å².